The van der Waals surface area contributed by atoms with Gasteiger partial charge < -0.3 is 5.73 Å². The van der Waals surface area contributed by atoms with Gasteiger partial charge in [-0.1, -0.05) is 38.5 Å². The van der Waals surface area contributed by atoms with E-state index in [1.165, 1.54) is 11.3 Å². The molecule has 1 rings (SSSR count). The van der Waals surface area contributed by atoms with Gasteiger partial charge in [0.1, 0.15) is 5.01 Å². The lowest BCUT2D eigenvalue weighted by Gasteiger charge is -2.08. The fourth-order valence-corrected chi connectivity index (χ4v) is 2.74. The Bertz CT molecular complexity index is 382. The first kappa shape index (κ1) is 18.3. The second-order valence-corrected chi connectivity index (χ2v) is 5.35. The molecule has 19 heavy (non-hydrogen) atoms. The van der Waals surface area contributed by atoms with Crippen molar-refractivity contribution in [2.24, 2.45) is 5.73 Å². The number of nitrogens with zero attached hydrogens (tertiary/aromatic N) is 2. The predicted molar refractivity (Wildman–Crippen MR) is 82.0 cm³/mol. The van der Waals surface area contributed by atoms with Gasteiger partial charge in [0, 0.05) is 5.92 Å². The van der Waals surface area contributed by atoms with Crippen molar-refractivity contribution >= 4 is 34.8 Å². The number of carbonyl (C=O) groups is 1. The summed E-state index contributed by atoms with van der Waals surface area (Å²) in [7, 11) is 0. The number of nitrogens with two attached hydrogens (primary N) is 1. The van der Waals surface area contributed by atoms with Crippen molar-refractivity contribution in [3.63, 3.8) is 0 Å². The van der Waals surface area contributed by atoms with Crippen molar-refractivity contribution < 1.29 is 4.79 Å². The summed E-state index contributed by atoms with van der Waals surface area (Å²) in [5.74, 6) is 0.251. The molecule has 1 aromatic rings. The molecule has 110 valence electrons. The lowest BCUT2D eigenvalue weighted by Crippen LogP contribution is -2.35. The van der Waals surface area contributed by atoms with Crippen LogP contribution in [0.2, 0.25) is 0 Å². The van der Waals surface area contributed by atoms with Gasteiger partial charge in [-0.2, -0.15) is 0 Å². The van der Waals surface area contributed by atoms with E-state index in [4.69, 9.17) is 5.73 Å². The maximum atomic E-state index is 11.7. The summed E-state index contributed by atoms with van der Waals surface area (Å²) in [6, 6.07) is -0.463. The standard InChI is InChI=1S/C12H22N4OS.ClH/c1-4-7-9(13)10(17)14-12-16-15-11(18-12)8(5-2)6-3;/h8-9H,4-7,13H2,1-3H3,(H,14,16,17);1H. The molecular formula is C12H23ClN4OS. The molecule has 0 fully saturated rings. The van der Waals surface area contributed by atoms with E-state index in [9.17, 15) is 4.79 Å². The fourth-order valence-electron chi connectivity index (χ4n) is 1.73. The number of anilines is 1. The number of hydrogen-bond acceptors (Lipinski definition) is 5. The maximum absolute atomic E-state index is 11.7. The first-order valence-corrected chi connectivity index (χ1v) is 7.33. The highest BCUT2D eigenvalue weighted by molar-refractivity contribution is 7.15. The highest BCUT2D eigenvalue weighted by Gasteiger charge is 2.17. The van der Waals surface area contributed by atoms with E-state index < -0.39 is 6.04 Å². The minimum Gasteiger partial charge on any atom is -0.320 e. The molecular weight excluding hydrogens is 284 g/mol. The highest BCUT2D eigenvalue weighted by Crippen LogP contribution is 2.28. The molecule has 1 unspecified atom stereocenters. The molecule has 1 atom stereocenters. The first-order chi connectivity index (χ1) is 8.62. The van der Waals surface area contributed by atoms with Crippen LogP contribution < -0.4 is 11.1 Å². The molecule has 0 aliphatic heterocycles. The summed E-state index contributed by atoms with van der Waals surface area (Å²) < 4.78 is 0. The number of halogens is 1. The van der Waals surface area contributed by atoms with Crippen LogP contribution in [0.3, 0.4) is 0 Å². The third kappa shape index (κ3) is 5.42. The van der Waals surface area contributed by atoms with Gasteiger partial charge in [-0.3, -0.25) is 10.1 Å². The second-order valence-electron chi connectivity index (χ2n) is 4.34. The Kier molecular flexibility index (Phi) is 8.88. The molecule has 0 aliphatic carbocycles. The van der Waals surface area contributed by atoms with Crippen molar-refractivity contribution in [3.8, 4) is 0 Å². The zero-order valence-corrected chi connectivity index (χ0v) is 13.3. The summed E-state index contributed by atoms with van der Waals surface area (Å²) in [5.41, 5.74) is 5.74. The number of amides is 1. The van der Waals surface area contributed by atoms with E-state index in [0.29, 0.717) is 17.5 Å². The van der Waals surface area contributed by atoms with Crippen molar-refractivity contribution in [1.29, 1.82) is 0 Å². The monoisotopic (exact) mass is 306 g/mol. The molecule has 1 amide bonds. The summed E-state index contributed by atoms with van der Waals surface area (Å²) >= 11 is 1.44. The van der Waals surface area contributed by atoms with Gasteiger partial charge in [-0.15, -0.1) is 22.6 Å². The Labute approximate surface area is 124 Å². The normalized spacial score (nSPS) is 12.1. The molecule has 0 saturated heterocycles. The number of rotatable bonds is 7. The Hall–Kier alpha value is -0.720. The second kappa shape index (κ2) is 9.23. The van der Waals surface area contributed by atoms with Crippen molar-refractivity contribution in [1.82, 2.24) is 10.2 Å². The fraction of sp³-hybridized carbons (Fsp3) is 0.750. The molecule has 0 spiro atoms. The lowest BCUT2D eigenvalue weighted by molar-refractivity contribution is -0.117. The molecule has 1 heterocycles. The molecule has 5 nitrogen and oxygen atoms in total. The zero-order chi connectivity index (χ0) is 13.5. The number of hydrogen-bond donors (Lipinski definition) is 2. The molecule has 0 saturated carbocycles. The Morgan fingerprint density at radius 2 is 1.95 bits per heavy atom. The maximum Gasteiger partial charge on any atom is 0.243 e. The van der Waals surface area contributed by atoms with Gasteiger partial charge in [0.2, 0.25) is 11.0 Å². The predicted octanol–water partition coefficient (Wildman–Crippen LogP) is 2.93. The Balaban J connectivity index is 0.00000324. The largest absolute Gasteiger partial charge is 0.320 e. The van der Waals surface area contributed by atoms with E-state index in [1.54, 1.807) is 0 Å². The van der Waals surface area contributed by atoms with Crippen LogP contribution in [0.1, 0.15) is 57.4 Å². The van der Waals surface area contributed by atoms with E-state index in [1.807, 2.05) is 6.92 Å². The molecule has 1 aromatic heterocycles. The minimum atomic E-state index is -0.463. The SMILES string of the molecule is CCCC(N)C(=O)Nc1nnc(C(CC)CC)s1.Cl. The van der Waals surface area contributed by atoms with Gasteiger partial charge in [0.05, 0.1) is 6.04 Å². The van der Waals surface area contributed by atoms with Crippen LogP contribution in [-0.2, 0) is 4.79 Å². The lowest BCUT2D eigenvalue weighted by atomic mass is 10.1. The van der Waals surface area contributed by atoms with Gasteiger partial charge in [0.25, 0.3) is 0 Å². The van der Waals surface area contributed by atoms with Crippen molar-refractivity contribution in [2.75, 3.05) is 5.32 Å². The Morgan fingerprint density at radius 1 is 1.32 bits per heavy atom. The van der Waals surface area contributed by atoms with Crippen LogP contribution in [0.15, 0.2) is 0 Å². The van der Waals surface area contributed by atoms with E-state index in [0.717, 1.165) is 24.3 Å². The van der Waals surface area contributed by atoms with E-state index >= 15 is 0 Å². The zero-order valence-electron chi connectivity index (χ0n) is 11.7. The van der Waals surface area contributed by atoms with E-state index in [-0.39, 0.29) is 18.3 Å². The average Bonchev–Trinajstić information content (AvgIpc) is 2.79. The van der Waals surface area contributed by atoms with Crippen LogP contribution in [0, 0.1) is 0 Å². The highest BCUT2D eigenvalue weighted by atomic mass is 35.5. The van der Waals surface area contributed by atoms with Crippen molar-refractivity contribution in [3.05, 3.63) is 5.01 Å². The first-order valence-electron chi connectivity index (χ1n) is 6.52. The van der Waals surface area contributed by atoms with Crippen LogP contribution >= 0.6 is 23.7 Å². The third-order valence-corrected chi connectivity index (χ3v) is 3.94. The summed E-state index contributed by atoms with van der Waals surface area (Å²) in [6.07, 6.45) is 3.65. The van der Waals surface area contributed by atoms with Gasteiger partial charge >= 0.3 is 0 Å². The molecule has 0 bridgehead atoms. The van der Waals surface area contributed by atoms with Crippen LogP contribution in [0.5, 0.6) is 0 Å². The van der Waals surface area contributed by atoms with E-state index in [2.05, 4.69) is 29.4 Å². The molecule has 0 aliphatic rings. The van der Waals surface area contributed by atoms with Gasteiger partial charge in [-0.05, 0) is 19.3 Å². The summed E-state index contributed by atoms with van der Waals surface area (Å²) in [4.78, 5) is 11.7. The Morgan fingerprint density at radius 3 is 2.47 bits per heavy atom. The molecule has 7 heteroatoms. The quantitative estimate of drug-likeness (QED) is 0.811. The number of nitrogens with one attached hydrogen (secondary N) is 1. The number of aromatic nitrogens is 2. The topological polar surface area (TPSA) is 80.9 Å². The average molecular weight is 307 g/mol. The smallest absolute Gasteiger partial charge is 0.243 e. The molecule has 0 radical (unpaired) electrons. The summed E-state index contributed by atoms with van der Waals surface area (Å²) in [6.45, 7) is 6.26. The third-order valence-electron chi connectivity index (χ3n) is 2.94. The molecule has 0 aromatic carbocycles. The van der Waals surface area contributed by atoms with Crippen LogP contribution in [-0.4, -0.2) is 22.1 Å². The van der Waals surface area contributed by atoms with Gasteiger partial charge in [0.15, 0.2) is 0 Å². The van der Waals surface area contributed by atoms with Crippen molar-refractivity contribution in [2.45, 2.75) is 58.4 Å². The number of carbonyl (C=O) groups excluding carboxylic acids is 1. The summed E-state index contributed by atoms with van der Waals surface area (Å²) in [5, 5.41) is 12.4. The molecule has 3 N–H and O–H groups in total. The van der Waals surface area contributed by atoms with Gasteiger partial charge in [-0.25, -0.2) is 0 Å². The van der Waals surface area contributed by atoms with Crippen LogP contribution in [0.25, 0.3) is 0 Å². The minimum absolute atomic E-state index is 0. The van der Waals surface area contributed by atoms with Crippen LogP contribution in [0.4, 0.5) is 5.13 Å².